The Balaban J connectivity index is 2.73. The van der Waals surface area contributed by atoms with Crippen molar-refractivity contribution >= 4 is 5.97 Å². The van der Waals surface area contributed by atoms with Crippen LogP contribution in [0.4, 0.5) is 0 Å². The summed E-state index contributed by atoms with van der Waals surface area (Å²) in [5.74, 6) is 0.130. The summed E-state index contributed by atoms with van der Waals surface area (Å²) in [6.07, 6.45) is 1.16. The van der Waals surface area contributed by atoms with Crippen LogP contribution in [0.2, 0.25) is 0 Å². The molecule has 1 rings (SSSR count). The first-order valence-corrected chi connectivity index (χ1v) is 7.66. The van der Waals surface area contributed by atoms with Gasteiger partial charge in [-0.2, -0.15) is 0 Å². The van der Waals surface area contributed by atoms with E-state index < -0.39 is 5.97 Å². The van der Waals surface area contributed by atoms with Crippen LogP contribution in [0.1, 0.15) is 52.1 Å². The minimum atomic E-state index is -0.754. The van der Waals surface area contributed by atoms with E-state index in [-0.39, 0.29) is 12.5 Å². The van der Waals surface area contributed by atoms with Crippen LogP contribution in [0, 0.1) is 0 Å². The zero-order valence-corrected chi connectivity index (χ0v) is 13.5. The van der Waals surface area contributed by atoms with E-state index in [0.29, 0.717) is 12.6 Å². The Labute approximate surface area is 127 Å². The molecule has 0 saturated carbocycles. The summed E-state index contributed by atoms with van der Waals surface area (Å²) < 4.78 is 5.59. The first kappa shape index (κ1) is 17.5. The first-order valence-electron chi connectivity index (χ1n) is 7.66. The lowest BCUT2D eigenvalue weighted by atomic mass is 10.0. The number of carboxylic acid groups (broad SMARTS) is 1. The molecule has 0 amide bonds. The third-order valence-corrected chi connectivity index (χ3v) is 3.58. The monoisotopic (exact) mass is 293 g/mol. The molecule has 1 aromatic rings. The van der Waals surface area contributed by atoms with Crippen LogP contribution in [0.5, 0.6) is 5.75 Å². The maximum atomic E-state index is 10.8. The second kappa shape index (κ2) is 8.67. The number of ether oxygens (including phenoxy) is 1. The van der Waals surface area contributed by atoms with Crippen molar-refractivity contribution in [1.82, 2.24) is 4.90 Å². The molecule has 1 unspecified atom stereocenters. The molecule has 0 aliphatic rings. The second-order valence-corrected chi connectivity index (χ2v) is 5.57. The number of carboxylic acids is 1. The summed E-state index contributed by atoms with van der Waals surface area (Å²) in [4.78, 5) is 13.0. The SMILES string of the molecule is CCCOc1ccc(C(C)N(CCC(=O)O)C(C)C)cc1. The van der Waals surface area contributed by atoms with Gasteiger partial charge in [-0.1, -0.05) is 19.1 Å². The third kappa shape index (κ3) is 5.76. The van der Waals surface area contributed by atoms with Crippen LogP contribution < -0.4 is 4.74 Å². The molecule has 0 saturated heterocycles. The van der Waals surface area contributed by atoms with Crippen LogP contribution in [0.15, 0.2) is 24.3 Å². The first-order chi connectivity index (χ1) is 9.95. The number of rotatable bonds is 9. The van der Waals surface area contributed by atoms with Gasteiger partial charge < -0.3 is 9.84 Å². The van der Waals surface area contributed by atoms with Gasteiger partial charge >= 0.3 is 5.97 Å². The van der Waals surface area contributed by atoms with Crippen LogP contribution in [0.25, 0.3) is 0 Å². The number of benzene rings is 1. The van der Waals surface area contributed by atoms with Crippen molar-refractivity contribution in [2.24, 2.45) is 0 Å². The number of nitrogens with zero attached hydrogens (tertiary/aromatic N) is 1. The average Bonchev–Trinajstić information content (AvgIpc) is 2.45. The fourth-order valence-electron chi connectivity index (χ4n) is 2.38. The molecule has 1 aromatic carbocycles. The fourth-order valence-corrected chi connectivity index (χ4v) is 2.38. The quantitative estimate of drug-likeness (QED) is 0.754. The van der Waals surface area contributed by atoms with Crippen molar-refractivity contribution in [2.45, 2.75) is 52.6 Å². The molecule has 4 heteroatoms. The summed E-state index contributed by atoms with van der Waals surface area (Å²) in [6.45, 7) is 9.67. The van der Waals surface area contributed by atoms with E-state index in [1.165, 1.54) is 5.56 Å². The number of hydrogen-bond acceptors (Lipinski definition) is 3. The Morgan fingerprint density at radius 3 is 2.33 bits per heavy atom. The molecule has 4 nitrogen and oxygen atoms in total. The molecule has 0 aliphatic heterocycles. The lowest BCUT2D eigenvalue weighted by Crippen LogP contribution is -2.35. The molecular formula is C17H27NO3. The predicted octanol–water partition coefficient (Wildman–Crippen LogP) is 3.72. The Kier molecular flexibility index (Phi) is 7.23. The van der Waals surface area contributed by atoms with E-state index in [4.69, 9.17) is 9.84 Å². The highest BCUT2D eigenvalue weighted by Gasteiger charge is 2.19. The summed E-state index contributed by atoms with van der Waals surface area (Å²) >= 11 is 0. The van der Waals surface area contributed by atoms with E-state index in [1.54, 1.807) is 0 Å². The van der Waals surface area contributed by atoms with Gasteiger partial charge in [0.2, 0.25) is 0 Å². The van der Waals surface area contributed by atoms with E-state index in [9.17, 15) is 4.79 Å². The highest BCUT2D eigenvalue weighted by molar-refractivity contribution is 5.66. The third-order valence-electron chi connectivity index (χ3n) is 3.58. The second-order valence-electron chi connectivity index (χ2n) is 5.57. The smallest absolute Gasteiger partial charge is 0.304 e. The molecule has 118 valence electrons. The normalized spacial score (nSPS) is 12.7. The van der Waals surface area contributed by atoms with Gasteiger partial charge in [-0.25, -0.2) is 0 Å². The van der Waals surface area contributed by atoms with E-state index in [0.717, 1.165) is 18.8 Å². The van der Waals surface area contributed by atoms with Gasteiger partial charge in [0.25, 0.3) is 0 Å². The minimum Gasteiger partial charge on any atom is -0.494 e. The summed E-state index contributed by atoms with van der Waals surface area (Å²) in [5, 5.41) is 8.87. The molecule has 0 fully saturated rings. The number of hydrogen-bond donors (Lipinski definition) is 1. The predicted molar refractivity (Wildman–Crippen MR) is 84.7 cm³/mol. The maximum absolute atomic E-state index is 10.8. The molecular weight excluding hydrogens is 266 g/mol. The van der Waals surface area contributed by atoms with Crippen molar-refractivity contribution in [1.29, 1.82) is 0 Å². The Hall–Kier alpha value is -1.55. The molecule has 0 aliphatic carbocycles. The zero-order chi connectivity index (χ0) is 15.8. The fraction of sp³-hybridized carbons (Fsp3) is 0.588. The number of carbonyl (C=O) groups is 1. The van der Waals surface area contributed by atoms with Gasteiger partial charge in [-0.15, -0.1) is 0 Å². The van der Waals surface area contributed by atoms with Crippen LogP contribution in [0.3, 0.4) is 0 Å². The van der Waals surface area contributed by atoms with Crippen molar-refractivity contribution in [3.8, 4) is 5.75 Å². The Bertz CT molecular complexity index is 428. The van der Waals surface area contributed by atoms with Gasteiger partial charge in [-0.05, 0) is 44.9 Å². The van der Waals surface area contributed by atoms with Gasteiger partial charge in [0.05, 0.1) is 13.0 Å². The summed E-state index contributed by atoms with van der Waals surface area (Å²) in [6, 6.07) is 8.58. The van der Waals surface area contributed by atoms with Gasteiger partial charge in [0.1, 0.15) is 5.75 Å². The molecule has 1 N–H and O–H groups in total. The highest BCUT2D eigenvalue weighted by atomic mass is 16.5. The molecule has 1 atom stereocenters. The van der Waals surface area contributed by atoms with Gasteiger partial charge in [-0.3, -0.25) is 9.69 Å². The largest absolute Gasteiger partial charge is 0.494 e. The topological polar surface area (TPSA) is 49.8 Å². The summed E-state index contributed by atoms with van der Waals surface area (Å²) in [5.41, 5.74) is 1.18. The van der Waals surface area contributed by atoms with E-state index in [2.05, 4.69) is 44.7 Å². The van der Waals surface area contributed by atoms with E-state index >= 15 is 0 Å². The Morgan fingerprint density at radius 1 is 1.24 bits per heavy atom. The molecule has 21 heavy (non-hydrogen) atoms. The lowest BCUT2D eigenvalue weighted by molar-refractivity contribution is -0.137. The lowest BCUT2D eigenvalue weighted by Gasteiger charge is -2.32. The highest BCUT2D eigenvalue weighted by Crippen LogP contribution is 2.24. The molecule has 0 aromatic heterocycles. The molecule has 0 bridgehead atoms. The molecule has 0 spiro atoms. The van der Waals surface area contributed by atoms with Crippen molar-refractivity contribution < 1.29 is 14.6 Å². The average molecular weight is 293 g/mol. The van der Waals surface area contributed by atoms with E-state index in [1.807, 2.05) is 12.1 Å². The number of aliphatic carboxylic acids is 1. The summed E-state index contributed by atoms with van der Waals surface area (Å²) in [7, 11) is 0. The standard InChI is InChI=1S/C17H27NO3/c1-5-12-21-16-8-6-15(7-9-16)14(4)18(13(2)3)11-10-17(19)20/h6-9,13-14H,5,10-12H2,1-4H3,(H,19,20). The Morgan fingerprint density at radius 2 is 1.86 bits per heavy atom. The van der Waals surface area contributed by atoms with Crippen molar-refractivity contribution in [3.05, 3.63) is 29.8 Å². The van der Waals surface area contributed by atoms with Crippen LogP contribution in [-0.2, 0) is 4.79 Å². The zero-order valence-electron chi connectivity index (χ0n) is 13.5. The van der Waals surface area contributed by atoms with Crippen molar-refractivity contribution in [3.63, 3.8) is 0 Å². The van der Waals surface area contributed by atoms with Crippen LogP contribution >= 0.6 is 0 Å². The molecule has 0 radical (unpaired) electrons. The minimum absolute atomic E-state index is 0.167. The molecule has 0 heterocycles. The van der Waals surface area contributed by atoms with Crippen LogP contribution in [-0.4, -0.2) is 35.2 Å². The van der Waals surface area contributed by atoms with Gasteiger partial charge in [0, 0.05) is 18.6 Å². The van der Waals surface area contributed by atoms with Gasteiger partial charge in [0.15, 0.2) is 0 Å². The van der Waals surface area contributed by atoms with Crippen molar-refractivity contribution in [2.75, 3.05) is 13.2 Å². The maximum Gasteiger partial charge on any atom is 0.304 e.